The molecule has 6 amide bonds. The van der Waals surface area contributed by atoms with Gasteiger partial charge in [0.1, 0.15) is 17.8 Å². The molecule has 13 nitrogen and oxygen atoms in total. The van der Waals surface area contributed by atoms with Crippen LogP contribution >= 0.6 is 0 Å². The maximum absolute atomic E-state index is 13.4. The lowest BCUT2D eigenvalue weighted by Crippen LogP contribution is -2.50. The van der Waals surface area contributed by atoms with E-state index in [0.717, 1.165) is 12.2 Å². The highest BCUT2D eigenvalue weighted by Crippen LogP contribution is 2.25. The summed E-state index contributed by atoms with van der Waals surface area (Å²) in [6.07, 6.45) is 5.99. The molecule has 2 atom stereocenters. The summed E-state index contributed by atoms with van der Waals surface area (Å²) >= 11 is 0. The van der Waals surface area contributed by atoms with Crippen molar-refractivity contribution < 1.29 is 33.2 Å². The first-order valence-corrected chi connectivity index (χ1v) is 14.7. The van der Waals surface area contributed by atoms with Crippen molar-refractivity contribution in [2.45, 2.75) is 69.6 Å². The van der Waals surface area contributed by atoms with Crippen LogP contribution < -0.4 is 32.3 Å². The highest BCUT2D eigenvalue weighted by atomic mass is 16.3. The molecule has 44 heavy (non-hydrogen) atoms. The minimum absolute atomic E-state index is 0.0343. The Balaban J connectivity index is 1.52. The lowest BCUT2D eigenvalue weighted by Gasteiger charge is -2.29. The third-order valence-electron chi connectivity index (χ3n) is 7.78. The van der Waals surface area contributed by atoms with E-state index >= 15 is 0 Å². The Bertz CT molecular complexity index is 1380. The molecule has 2 aliphatic heterocycles. The molecule has 0 unspecified atom stereocenters. The van der Waals surface area contributed by atoms with Crippen LogP contribution in [0.3, 0.4) is 0 Å². The highest BCUT2D eigenvalue weighted by molar-refractivity contribution is 5.97. The molecule has 1 aromatic carbocycles. The summed E-state index contributed by atoms with van der Waals surface area (Å²) in [6.45, 7) is 0.128. The molecule has 0 radical (unpaired) electrons. The van der Waals surface area contributed by atoms with Gasteiger partial charge in [-0.1, -0.05) is 24.3 Å². The number of hydrogen-bond acceptors (Lipinski definition) is 7. The fourth-order valence-corrected chi connectivity index (χ4v) is 5.34. The summed E-state index contributed by atoms with van der Waals surface area (Å²) < 4.78 is 5.43. The lowest BCUT2D eigenvalue weighted by molar-refractivity contribution is -0.132. The Hall–Kier alpha value is -4.94. The SMILES string of the molecule is NC(=O)[C@@H]1CCNC(=O)/C=C\C(=O)NC2CCC(CC2)C(=O)N[C@@H](Cc2ccco2)C(=O)NCc2ccccc2CC(=O)N1. The molecule has 13 heteroatoms. The Morgan fingerprint density at radius 3 is 2.23 bits per heavy atom. The molecular formula is C31H38N6O7. The number of fused-ring (bicyclic) bond motifs is 17. The molecule has 3 aliphatic rings. The van der Waals surface area contributed by atoms with Crippen LogP contribution in [0, 0.1) is 5.92 Å². The molecule has 1 saturated carbocycles. The zero-order valence-electron chi connectivity index (χ0n) is 24.3. The largest absolute Gasteiger partial charge is 0.469 e. The van der Waals surface area contributed by atoms with Crippen molar-refractivity contribution in [2.75, 3.05) is 6.54 Å². The maximum atomic E-state index is 13.4. The Labute approximate surface area is 254 Å². The Morgan fingerprint density at radius 1 is 0.795 bits per heavy atom. The molecule has 5 rings (SSSR count). The molecule has 1 fully saturated rings. The van der Waals surface area contributed by atoms with E-state index in [-0.39, 0.29) is 50.2 Å². The first kappa shape index (κ1) is 32.0. The monoisotopic (exact) mass is 606 g/mol. The number of nitrogens with one attached hydrogen (secondary N) is 5. The van der Waals surface area contributed by atoms with Gasteiger partial charge in [-0.2, -0.15) is 0 Å². The van der Waals surface area contributed by atoms with Gasteiger partial charge in [-0.15, -0.1) is 0 Å². The Kier molecular flexibility index (Phi) is 11.3. The average molecular weight is 607 g/mol. The van der Waals surface area contributed by atoms with Crippen LogP contribution in [-0.2, 0) is 48.2 Å². The fraction of sp³-hybridized carbons (Fsp3) is 0.419. The van der Waals surface area contributed by atoms with Crippen molar-refractivity contribution in [2.24, 2.45) is 11.7 Å². The van der Waals surface area contributed by atoms with Gasteiger partial charge in [0.15, 0.2) is 0 Å². The number of primary amides is 1. The number of amides is 6. The van der Waals surface area contributed by atoms with E-state index in [1.54, 1.807) is 36.4 Å². The topological polar surface area (TPSA) is 202 Å². The van der Waals surface area contributed by atoms with E-state index in [1.165, 1.54) is 6.26 Å². The predicted octanol–water partition coefficient (Wildman–Crippen LogP) is -0.113. The van der Waals surface area contributed by atoms with E-state index in [2.05, 4.69) is 26.6 Å². The van der Waals surface area contributed by atoms with Crippen LogP contribution in [-0.4, -0.2) is 60.1 Å². The molecule has 0 spiro atoms. The lowest BCUT2D eigenvalue weighted by atomic mass is 9.85. The Morgan fingerprint density at radius 2 is 1.52 bits per heavy atom. The van der Waals surface area contributed by atoms with Crippen LogP contribution in [0.1, 0.15) is 49.0 Å². The molecule has 0 saturated heterocycles. The van der Waals surface area contributed by atoms with Crippen LogP contribution in [0.5, 0.6) is 0 Å². The van der Waals surface area contributed by atoms with E-state index in [4.69, 9.17) is 10.2 Å². The van der Waals surface area contributed by atoms with Gasteiger partial charge in [0.05, 0.1) is 12.7 Å². The number of nitrogens with two attached hydrogens (primary N) is 1. The smallest absolute Gasteiger partial charge is 0.244 e. The molecular weight excluding hydrogens is 568 g/mol. The van der Waals surface area contributed by atoms with Gasteiger partial charge >= 0.3 is 0 Å². The average Bonchev–Trinajstić information content (AvgIpc) is 3.51. The zero-order valence-corrected chi connectivity index (χ0v) is 24.3. The van der Waals surface area contributed by atoms with Crippen molar-refractivity contribution in [1.82, 2.24) is 26.6 Å². The molecule has 3 heterocycles. The molecule has 7 N–H and O–H groups in total. The highest BCUT2D eigenvalue weighted by Gasteiger charge is 2.30. The van der Waals surface area contributed by atoms with Crippen molar-refractivity contribution in [1.29, 1.82) is 0 Å². The number of furan rings is 1. The van der Waals surface area contributed by atoms with E-state index in [9.17, 15) is 28.8 Å². The second kappa shape index (κ2) is 15.5. The summed E-state index contributed by atoms with van der Waals surface area (Å²) in [6, 6.07) is 8.39. The second-order valence-electron chi connectivity index (χ2n) is 11.0. The first-order chi connectivity index (χ1) is 21.2. The van der Waals surface area contributed by atoms with Crippen LogP contribution in [0.2, 0.25) is 0 Å². The van der Waals surface area contributed by atoms with Gasteiger partial charge in [-0.05, 0) is 55.4 Å². The molecule has 1 aliphatic carbocycles. The minimum Gasteiger partial charge on any atom is -0.469 e. The summed E-state index contributed by atoms with van der Waals surface area (Å²) in [7, 11) is 0. The molecule has 234 valence electrons. The van der Waals surface area contributed by atoms with E-state index in [0.29, 0.717) is 42.6 Å². The molecule has 1 aromatic heterocycles. The number of carbonyl (C=O) groups excluding carboxylic acids is 6. The van der Waals surface area contributed by atoms with Crippen molar-refractivity contribution in [3.05, 3.63) is 71.7 Å². The van der Waals surface area contributed by atoms with Gasteiger partial charge in [0, 0.05) is 43.6 Å². The number of hydrogen-bond donors (Lipinski definition) is 6. The summed E-state index contributed by atoms with van der Waals surface area (Å²) in [5.41, 5.74) is 6.79. The zero-order chi connectivity index (χ0) is 31.5. The third-order valence-corrected chi connectivity index (χ3v) is 7.78. The van der Waals surface area contributed by atoms with Gasteiger partial charge in [0.25, 0.3) is 0 Å². The van der Waals surface area contributed by atoms with E-state index in [1.807, 2.05) is 0 Å². The normalized spacial score (nSPS) is 25.2. The summed E-state index contributed by atoms with van der Waals surface area (Å²) in [5, 5.41) is 13.8. The second-order valence-corrected chi connectivity index (χ2v) is 11.0. The predicted molar refractivity (Wildman–Crippen MR) is 158 cm³/mol. The third kappa shape index (κ3) is 9.54. The molecule has 2 aromatic rings. The quantitative estimate of drug-likeness (QED) is 0.280. The van der Waals surface area contributed by atoms with Gasteiger partial charge in [-0.25, -0.2) is 0 Å². The van der Waals surface area contributed by atoms with Crippen molar-refractivity contribution >= 4 is 35.4 Å². The van der Waals surface area contributed by atoms with Gasteiger partial charge < -0.3 is 36.7 Å². The number of benzene rings is 1. The van der Waals surface area contributed by atoms with Crippen LogP contribution in [0.15, 0.2) is 59.2 Å². The summed E-state index contributed by atoms with van der Waals surface area (Å²) in [4.78, 5) is 76.0. The first-order valence-electron chi connectivity index (χ1n) is 14.7. The standard InChI is InChI=1S/C31H38N6O7/c32-29(41)24-13-14-33-26(38)11-12-27(39)35-22-9-7-19(8-10-22)30(42)37-25(17-23-6-3-15-44-23)31(43)34-18-21-5-2-1-4-20(21)16-28(40)36-24/h1-6,11-12,15,19,22,24-25H,7-10,13-14,16-18H2,(H2,32,41)(H,33,38)(H,34,43)(H,35,39)(H,36,40)(H,37,42)/b12-11-/t19?,22?,24-,25-/m0/s1. The number of rotatable bonds is 3. The van der Waals surface area contributed by atoms with Gasteiger partial charge in [0.2, 0.25) is 35.4 Å². The van der Waals surface area contributed by atoms with Crippen molar-refractivity contribution in [3.63, 3.8) is 0 Å². The van der Waals surface area contributed by atoms with Crippen LogP contribution in [0.4, 0.5) is 0 Å². The maximum Gasteiger partial charge on any atom is 0.244 e. The molecule has 2 bridgehead atoms. The van der Waals surface area contributed by atoms with Gasteiger partial charge in [-0.3, -0.25) is 28.8 Å². The fourth-order valence-electron chi connectivity index (χ4n) is 5.34. The van der Waals surface area contributed by atoms with Crippen LogP contribution in [0.25, 0.3) is 0 Å². The summed E-state index contributed by atoms with van der Waals surface area (Å²) in [5.74, 6) is -2.67. The minimum atomic E-state index is -1.03. The van der Waals surface area contributed by atoms with E-state index < -0.39 is 41.6 Å². The number of carbonyl (C=O) groups is 6. The van der Waals surface area contributed by atoms with Crippen molar-refractivity contribution in [3.8, 4) is 0 Å².